The molecule has 1 heterocycles. The average molecular weight is 337 g/mol. The zero-order chi connectivity index (χ0) is 14.3. The number of hydrogen-bond donors (Lipinski definition) is 1. The third-order valence-electron chi connectivity index (χ3n) is 2.84. The molecule has 100 valence electrons. The van der Waals surface area contributed by atoms with E-state index in [1.807, 2.05) is 0 Å². The molecule has 0 aromatic heterocycles. The summed E-state index contributed by atoms with van der Waals surface area (Å²) in [5.41, 5.74) is 1.21. The van der Waals surface area contributed by atoms with Crippen molar-refractivity contribution >= 4 is 38.9 Å². The van der Waals surface area contributed by atoms with Crippen molar-refractivity contribution in [2.75, 3.05) is 5.32 Å². The van der Waals surface area contributed by atoms with Gasteiger partial charge in [-0.1, -0.05) is 15.9 Å². The third-order valence-corrected chi connectivity index (χ3v) is 3.34. The fourth-order valence-corrected chi connectivity index (χ4v) is 2.29. The molecule has 3 rings (SSSR count). The molecule has 0 aliphatic carbocycles. The Morgan fingerprint density at radius 1 is 1.10 bits per heavy atom. The van der Waals surface area contributed by atoms with Crippen molar-refractivity contribution in [2.24, 2.45) is 4.99 Å². The highest BCUT2D eigenvalue weighted by molar-refractivity contribution is 9.10. The van der Waals surface area contributed by atoms with Crippen molar-refractivity contribution in [1.29, 1.82) is 0 Å². The van der Waals surface area contributed by atoms with E-state index in [9.17, 15) is 13.6 Å². The molecule has 0 atom stereocenters. The Bertz CT molecular complexity index is 759. The number of rotatable bonds is 1. The third kappa shape index (κ3) is 2.22. The Labute approximate surface area is 121 Å². The lowest BCUT2D eigenvalue weighted by Crippen LogP contribution is -2.14. The molecule has 1 aliphatic heterocycles. The number of nitrogens with one attached hydrogen (secondary N) is 1. The van der Waals surface area contributed by atoms with Crippen molar-refractivity contribution in [3.8, 4) is 0 Å². The molecule has 1 aliphatic rings. The van der Waals surface area contributed by atoms with E-state index in [0.29, 0.717) is 11.3 Å². The van der Waals surface area contributed by atoms with Crippen LogP contribution in [0.25, 0.3) is 0 Å². The summed E-state index contributed by atoms with van der Waals surface area (Å²) in [5, 5.41) is 2.64. The summed E-state index contributed by atoms with van der Waals surface area (Å²) in [4.78, 5) is 15.9. The first kappa shape index (κ1) is 12.9. The number of benzene rings is 2. The van der Waals surface area contributed by atoms with Crippen LogP contribution in [-0.4, -0.2) is 11.6 Å². The van der Waals surface area contributed by atoms with Crippen molar-refractivity contribution in [3.05, 3.63) is 58.1 Å². The van der Waals surface area contributed by atoms with Crippen molar-refractivity contribution < 1.29 is 13.6 Å². The number of nitrogens with zero attached hydrogens (tertiary/aromatic N) is 1. The lowest BCUT2D eigenvalue weighted by atomic mass is 10.1. The van der Waals surface area contributed by atoms with Crippen molar-refractivity contribution in [1.82, 2.24) is 0 Å². The molecule has 0 spiro atoms. The lowest BCUT2D eigenvalue weighted by molar-refractivity contribution is -0.110. The number of anilines is 1. The number of hydrogen-bond acceptors (Lipinski definition) is 2. The Hall–Kier alpha value is -2.08. The summed E-state index contributed by atoms with van der Waals surface area (Å²) in [7, 11) is 0. The van der Waals surface area contributed by atoms with Gasteiger partial charge in [0.25, 0.3) is 5.91 Å². The van der Waals surface area contributed by atoms with Crippen LogP contribution in [0.3, 0.4) is 0 Å². The van der Waals surface area contributed by atoms with Crippen LogP contribution >= 0.6 is 15.9 Å². The zero-order valence-electron chi connectivity index (χ0n) is 9.95. The van der Waals surface area contributed by atoms with Gasteiger partial charge in [0.1, 0.15) is 11.5 Å². The summed E-state index contributed by atoms with van der Waals surface area (Å²) in [6.45, 7) is 0. The minimum Gasteiger partial charge on any atom is -0.320 e. The van der Waals surface area contributed by atoms with Gasteiger partial charge in [0.2, 0.25) is 0 Å². The summed E-state index contributed by atoms with van der Waals surface area (Å²) in [6.07, 6.45) is 0. The number of fused-ring (bicyclic) bond motifs is 1. The van der Waals surface area contributed by atoms with Gasteiger partial charge in [-0.2, -0.15) is 0 Å². The molecule has 20 heavy (non-hydrogen) atoms. The van der Waals surface area contributed by atoms with Gasteiger partial charge in [-0.3, -0.25) is 4.79 Å². The van der Waals surface area contributed by atoms with Crippen LogP contribution < -0.4 is 5.32 Å². The zero-order valence-corrected chi connectivity index (χ0v) is 11.5. The number of halogens is 3. The van der Waals surface area contributed by atoms with E-state index >= 15 is 0 Å². The average Bonchev–Trinajstić information content (AvgIpc) is 2.69. The first-order valence-electron chi connectivity index (χ1n) is 5.69. The van der Waals surface area contributed by atoms with Crippen LogP contribution in [0.5, 0.6) is 0 Å². The molecule has 6 heteroatoms. The van der Waals surface area contributed by atoms with E-state index in [2.05, 4.69) is 26.2 Å². The molecule has 0 bridgehead atoms. The van der Waals surface area contributed by atoms with E-state index in [1.54, 1.807) is 18.2 Å². The van der Waals surface area contributed by atoms with E-state index in [4.69, 9.17) is 0 Å². The maximum absolute atomic E-state index is 13.6. The van der Waals surface area contributed by atoms with Gasteiger partial charge < -0.3 is 5.32 Å². The molecule has 0 unspecified atom stereocenters. The topological polar surface area (TPSA) is 41.5 Å². The second kappa shape index (κ2) is 4.79. The fraction of sp³-hybridized carbons (Fsp3) is 0. The molecule has 0 fully saturated rings. The maximum atomic E-state index is 13.6. The molecule has 1 amide bonds. The van der Waals surface area contributed by atoms with Crippen LogP contribution in [0, 0.1) is 11.6 Å². The second-order valence-corrected chi connectivity index (χ2v) is 5.12. The lowest BCUT2D eigenvalue weighted by Gasteiger charge is -2.00. The Balaban J connectivity index is 2.13. The summed E-state index contributed by atoms with van der Waals surface area (Å²) < 4.78 is 27.2. The highest BCUT2D eigenvalue weighted by atomic mass is 79.9. The number of aliphatic imine (C=N–C) groups is 1. The first-order valence-corrected chi connectivity index (χ1v) is 6.49. The molecular formula is C14H7BrF2N2O. The Morgan fingerprint density at radius 2 is 1.90 bits per heavy atom. The standard InChI is InChI=1S/C14H7BrF2N2O/c15-7-1-3-11-9(5-7)13(14(20)19-11)18-12-4-2-8(16)6-10(12)17/h1-6H,(H,18,19,20). The number of carbonyl (C=O) groups excluding carboxylic acids is 1. The molecule has 1 N–H and O–H groups in total. The second-order valence-electron chi connectivity index (χ2n) is 4.20. The molecule has 2 aromatic carbocycles. The largest absolute Gasteiger partial charge is 0.320 e. The SMILES string of the molecule is O=C1Nc2ccc(Br)cc2C1=Nc1ccc(F)cc1F. The molecule has 2 aromatic rings. The first-order chi connectivity index (χ1) is 9.54. The normalized spacial score (nSPS) is 15.3. The fourth-order valence-electron chi connectivity index (χ4n) is 1.93. The smallest absolute Gasteiger partial charge is 0.275 e. The van der Waals surface area contributed by atoms with Crippen LogP contribution in [0.4, 0.5) is 20.2 Å². The molecule has 3 nitrogen and oxygen atoms in total. The van der Waals surface area contributed by atoms with Gasteiger partial charge >= 0.3 is 0 Å². The van der Waals surface area contributed by atoms with Crippen molar-refractivity contribution in [3.63, 3.8) is 0 Å². The van der Waals surface area contributed by atoms with Crippen LogP contribution in [0.2, 0.25) is 0 Å². The molecular weight excluding hydrogens is 330 g/mol. The minimum atomic E-state index is -0.811. The van der Waals surface area contributed by atoms with Gasteiger partial charge in [-0.15, -0.1) is 0 Å². The molecule has 0 saturated heterocycles. The van der Waals surface area contributed by atoms with E-state index in [-0.39, 0.29) is 11.4 Å². The van der Waals surface area contributed by atoms with E-state index in [0.717, 1.165) is 16.6 Å². The van der Waals surface area contributed by atoms with Crippen LogP contribution in [-0.2, 0) is 4.79 Å². The quantitative estimate of drug-likeness (QED) is 0.845. The van der Waals surface area contributed by atoms with E-state index in [1.165, 1.54) is 6.07 Å². The predicted octanol–water partition coefficient (Wildman–Crippen LogP) is 3.80. The molecule has 0 radical (unpaired) electrons. The highest BCUT2D eigenvalue weighted by Crippen LogP contribution is 2.29. The Kier molecular flexibility index (Phi) is 3.10. The van der Waals surface area contributed by atoms with Gasteiger partial charge in [0, 0.05) is 16.1 Å². The van der Waals surface area contributed by atoms with E-state index < -0.39 is 17.5 Å². The maximum Gasteiger partial charge on any atom is 0.275 e. The minimum absolute atomic E-state index is 0.0793. The summed E-state index contributed by atoms with van der Waals surface area (Å²) in [6, 6.07) is 8.24. The van der Waals surface area contributed by atoms with Crippen LogP contribution in [0.15, 0.2) is 45.9 Å². The Morgan fingerprint density at radius 3 is 2.65 bits per heavy atom. The summed E-state index contributed by atoms with van der Waals surface area (Å²) in [5.74, 6) is -1.92. The summed E-state index contributed by atoms with van der Waals surface area (Å²) >= 11 is 3.30. The van der Waals surface area contributed by atoms with Gasteiger partial charge in [0.05, 0.1) is 11.4 Å². The number of carbonyl (C=O) groups is 1. The monoisotopic (exact) mass is 336 g/mol. The van der Waals surface area contributed by atoms with Crippen LogP contribution in [0.1, 0.15) is 5.56 Å². The predicted molar refractivity (Wildman–Crippen MR) is 75.3 cm³/mol. The molecule has 0 saturated carbocycles. The van der Waals surface area contributed by atoms with Gasteiger partial charge in [-0.25, -0.2) is 13.8 Å². The number of amides is 1. The van der Waals surface area contributed by atoms with Gasteiger partial charge in [0.15, 0.2) is 5.82 Å². The van der Waals surface area contributed by atoms with Crippen molar-refractivity contribution in [2.45, 2.75) is 0 Å². The van der Waals surface area contributed by atoms with Gasteiger partial charge in [-0.05, 0) is 30.3 Å². The highest BCUT2D eigenvalue weighted by Gasteiger charge is 2.26.